The Kier molecular flexibility index (Phi) is 5.08. The van der Waals surface area contributed by atoms with Crippen molar-refractivity contribution in [2.75, 3.05) is 6.61 Å². The highest BCUT2D eigenvalue weighted by Crippen LogP contribution is 2.37. The quantitative estimate of drug-likeness (QED) is 0.870. The minimum atomic E-state index is -0.138. The fourth-order valence-corrected chi connectivity index (χ4v) is 3.84. The van der Waals surface area contributed by atoms with E-state index in [1.807, 2.05) is 6.92 Å². The number of thiazole rings is 1. The summed E-state index contributed by atoms with van der Waals surface area (Å²) in [6, 6.07) is 0.349. The first-order chi connectivity index (χ1) is 9.73. The van der Waals surface area contributed by atoms with Gasteiger partial charge in [-0.1, -0.05) is 0 Å². The van der Waals surface area contributed by atoms with Crippen LogP contribution in [-0.2, 0) is 16.0 Å². The number of nitrogens with zero attached hydrogens (tertiary/aromatic N) is 1. The Bertz CT molecular complexity index is 471. The Morgan fingerprint density at radius 3 is 2.76 bits per heavy atom. The zero-order chi connectivity index (χ0) is 15.7. The summed E-state index contributed by atoms with van der Waals surface area (Å²) >= 11 is 1.67. The van der Waals surface area contributed by atoms with E-state index in [-0.39, 0.29) is 17.3 Å². The molecule has 120 valence electrons. The predicted molar refractivity (Wildman–Crippen MR) is 86.6 cm³/mol. The molecule has 0 radical (unpaired) electrons. The number of nitrogens with one attached hydrogen (secondary N) is 1. The SMILES string of the molecule is CCO[C@H](C)c1nc(CN[C@H]2CC(C)(C)OC2(C)C)cs1. The average molecular weight is 312 g/mol. The third kappa shape index (κ3) is 4.25. The first kappa shape index (κ1) is 16.9. The summed E-state index contributed by atoms with van der Waals surface area (Å²) in [5.41, 5.74) is 0.890. The van der Waals surface area contributed by atoms with Crippen molar-refractivity contribution in [1.29, 1.82) is 0 Å². The standard InChI is InChI=1S/C16H28N2O2S/c1-7-19-11(2)14-18-12(10-21-14)9-17-13-8-15(3,4)20-16(13,5)6/h10-11,13,17H,7-9H2,1-6H3/t11-,13+/m1/s1. The second-order valence-electron chi connectivity index (χ2n) is 6.88. The molecule has 4 nitrogen and oxygen atoms in total. The Labute approximate surface area is 132 Å². The molecule has 0 bridgehead atoms. The van der Waals surface area contributed by atoms with E-state index in [9.17, 15) is 0 Å². The molecule has 1 saturated heterocycles. The van der Waals surface area contributed by atoms with E-state index in [2.05, 4.69) is 50.3 Å². The number of ether oxygens (including phenoxy) is 2. The summed E-state index contributed by atoms with van der Waals surface area (Å²) in [4.78, 5) is 4.66. The van der Waals surface area contributed by atoms with Crippen molar-refractivity contribution in [2.24, 2.45) is 0 Å². The molecule has 0 unspecified atom stereocenters. The second-order valence-corrected chi connectivity index (χ2v) is 7.77. The summed E-state index contributed by atoms with van der Waals surface area (Å²) < 4.78 is 11.7. The van der Waals surface area contributed by atoms with Crippen LogP contribution in [0.15, 0.2) is 5.38 Å². The summed E-state index contributed by atoms with van der Waals surface area (Å²) in [5.74, 6) is 0. The summed E-state index contributed by atoms with van der Waals surface area (Å²) in [7, 11) is 0. The lowest BCUT2D eigenvalue weighted by molar-refractivity contribution is -0.0699. The van der Waals surface area contributed by atoms with Gasteiger partial charge in [0.2, 0.25) is 0 Å². The molecule has 0 amide bonds. The van der Waals surface area contributed by atoms with Crippen molar-refractivity contribution in [3.63, 3.8) is 0 Å². The summed E-state index contributed by atoms with van der Waals surface area (Å²) in [6.45, 7) is 14.2. The maximum Gasteiger partial charge on any atom is 0.122 e. The smallest absolute Gasteiger partial charge is 0.122 e. The van der Waals surface area contributed by atoms with Crippen LogP contribution in [0.25, 0.3) is 0 Å². The molecule has 0 spiro atoms. The van der Waals surface area contributed by atoms with Gasteiger partial charge >= 0.3 is 0 Å². The number of hydrogen-bond acceptors (Lipinski definition) is 5. The molecule has 1 aliphatic heterocycles. The highest BCUT2D eigenvalue weighted by atomic mass is 32.1. The predicted octanol–water partition coefficient (Wildman–Crippen LogP) is 3.68. The monoisotopic (exact) mass is 312 g/mol. The zero-order valence-electron chi connectivity index (χ0n) is 14.0. The van der Waals surface area contributed by atoms with Crippen molar-refractivity contribution in [1.82, 2.24) is 10.3 Å². The van der Waals surface area contributed by atoms with Crippen LogP contribution in [0, 0.1) is 0 Å². The van der Waals surface area contributed by atoms with E-state index in [0.717, 1.165) is 30.3 Å². The summed E-state index contributed by atoms with van der Waals surface area (Å²) in [6.07, 6.45) is 1.10. The minimum absolute atomic E-state index is 0.0577. The van der Waals surface area contributed by atoms with Gasteiger partial charge in [-0.3, -0.25) is 0 Å². The largest absolute Gasteiger partial charge is 0.372 e. The molecule has 2 atom stereocenters. The zero-order valence-corrected chi connectivity index (χ0v) is 14.8. The van der Waals surface area contributed by atoms with Gasteiger partial charge in [0.05, 0.1) is 16.9 Å². The normalized spacial score (nSPS) is 25.1. The first-order valence-corrected chi connectivity index (χ1v) is 8.61. The molecule has 2 rings (SSSR count). The topological polar surface area (TPSA) is 43.4 Å². The van der Waals surface area contributed by atoms with Crippen LogP contribution in [0.5, 0.6) is 0 Å². The molecule has 2 heterocycles. The number of rotatable bonds is 6. The Morgan fingerprint density at radius 2 is 2.19 bits per heavy atom. The van der Waals surface area contributed by atoms with E-state index in [4.69, 9.17) is 9.47 Å². The third-order valence-electron chi connectivity index (χ3n) is 3.94. The lowest BCUT2D eigenvalue weighted by Crippen LogP contribution is -2.43. The molecule has 21 heavy (non-hydrogen) atoms. The third-order valence-corrected chi connectivity index (χ3v) is 4.99. The molecule has 0 aromatic carbocycles. The highest BCUT2D eigenvalue weighted by Gasteiger charge is 2.45. The molecule has 5 heteroatoms. The lowest BCUT2D eigenvalue weighted by atomic mass is 9.94. The van der Waals surface area contributed by atoms with Crippen molar-refractivity contribution >= 4 is 11.3 Å². The number of hydrogen-bond donors (Lipinski definition) is 1. The van der Waals surface area contributed by atoms with Crippen LogP contribution in [-0.4, -0.2) is 28.8 Å². The fourth-order valence-electron chi connectivity index (χ4n) is 3.02. The van der Waals surface area contributed by atoms with E-state index >= 15 is 0 Å². The molecular formula is C16H28N2O2S. The fraction of sp³-hybridized carbons (Fsp3) is 0.812. The maximum atomic E-state index is 6.11. The van der Waals surface area contributed by atoms with Crippen LogP contribution in [0.4, 0.5) is 0 Å². The van der Waals surface area contributed by atoms with Crippen LogP contribution >= 0.6 is 11.3 Å². The highest BCUT2D eigenvalue weighted by molar-refractivity contribution is 7.09. The number of aromatic nitrogens is 1. The Hall–Kier alpha value is -0.490. The molecule has 1 aromatic rings. The maximum absolute atomic E-state index is 6.11. The van der Waals surface area contributed by atoms with Gasteiger partial charge in [0.25, 0.3) is 0 Å². The molecule has 1 aliphatic rings. The molecule has 0 aliphatic carbocycles. The van der Waals surface area contributed by atoms with Crippen LogP contribution < -0.4 is 5.32 Å². The van der Waals surface area contributed by atoms with Crippen LogP contribution in [0.3, 0.4) is 0 Å². The molecule has 0 saturated carbocycles. The van der Waals surface area contributed by atoms with E-state index in [1.165, 1.54) is 0 Å². The van der Waals surface area contributed by atoms with Crippen molar-refractivity contribution < 1.29 is 9.47 Å². The Morgan fingerprint density at radius 1 is 1.48 bits per heavy atom. The van der Waals surface area contributed by atoms with Crippen molar-refractivity contribution in [2.45, 2.75) is 77.9 Å². The molecule has 1 fully saturated rings. The van der Waals surface area contributed by atoms with Crippen molar-refractivity contribution in [3.05, 3.63) is 16.1 Å². The first-order valence-electron chi connectivity index (χ1n) is 7.73. The minimum Gasteiger partial charge on any atom is -0.372 e. The van der Waals surface area contributed by atoms with Gasteiger partial charge in [0.15, 0.2) is 0 Å². The average Bonchev–Trinajstić information content (AvgIpc) is 2.89. The second kappa shape index (κ2) is 6.32. The van der Waals surface area contributed by atoms with Crippen LogP contribution in [0.2, 0.25) is 0 Å². The van der Waals surface area contributed by atoms with Crippen molar-refractivity contribution in [3.8, 4) is 0 Å². The van der Waals surface area contributed by atoms with Gasteiger partial charge < -0.3 is 14.8 Å². The van der Waals surface area contributed by atoms with Gasteiger partial charge in [-0.2, -0.15) is 0 Å². The van der Waals surface area contributed by atoms with E-state index < -0.39 is 0 Å². The van der Waals surface area contributed by atoms with Crippen LogP contribution in [0.1, 0.15) is 64.8 Å². The molecular weight excluding hydrogens is 284 g/mol. The van der Waals surface area contributed by atoms with Gasteiger partial charge in [-0.25, -0.2) is 4.98 Å². The lowest BCUT2D eigenvalue weighted by Gasteiger charge is -2.27. The van der Waals surface area contributed by atoms with E-state index in [1.54, 1.807) is 11.3 Å². The van der Waals surface area contributed by atoms with E-state index in [0.29, 0.717) is 6.04 Å². The van der Waals surface area contributed by atoms with Gasteiger partial charge in [0.1, 0.15) is 11.1 Å². The summed E-state index contributed by atoms with van der Waals surface area (Å²) in [5, 5.41) is 6.78. The molecule has 1 N–H and O–H groups in total. The van der Waals surface area contributed by atoms with Gasteiger partial charge in [-0.05, 0) is 48.0 Å². The van der Waals surface area contributed by atoms with Gasteiger partial charge in [0, 0.05) is 24.6 Å². The Balaban J connectivity index is 1.92. The molecule has 1 aromatic heterocycles. The van der Waals surface area contributed by atoms with Gasteiger partial charge in [-0.15, -0.1) is 11.3 Å².